The third-order valence-corrected chi connectivity index (χ3v) is 5.45. The quantitative estimate of drug-likeness (QED) is 0.575. The van der Waals surface area contributed by atoms with Gasteiger partial charge in [0.15, 0.2) is 0 Å². The lowest BCUT2D eigenvalue weighted by Crippen LogP contribution is -2.44. The number of fused-ring (bicyclic) bond motifs is 1. The van der Waals surface area contributed by atoms with Gasteiger partial charge in [-0.05, 0) is 54.3 Å². The third kappa shape index (κ3) is 4.94. The van der Waals surface area contributed by atoms with E-state index in [4.69, 9.17) is 4.42 Å². The van der Waals surface area contributed by atoms with E-state index in [9.17, 15) is 14.0 Å². The van der Waals surface area contributed by atoms with Gasteiger partial charge in [-0.3, -0.25) is 9.59 Å². The summed E-state index contributed by atoms with van der Waals surface area (Å²) in [5, 5.41) is 5.34. The Balaban J connectivity index is 1.33. The Morgan fingerprint density at radius 2 is 1.77 bits per heavy atom. The molecule has 7 heteroatoms. The lowest BCUT2D eigenvalue weighted by molar-refractivity contribution is -0.139. The Hall–Kier alpha value is -3.61. The number of amides is 2. The van der Waals surface area contributed by atoms with Crippen LogP contribution in [-0.2, 0) is 22.4 Å². The minimum absolute atomic E-state index is 0.213. The molecular weight excluding hydrogens is 397 g/mol. The second-order valence-corrected chi connectivity index (χ2v) is 7.45. The van der Waals surface area contributed by atoms with Crippen molar-refractivity contribution in [2.75, 3.05) is 24.5 Å². The maximum Gasteiger partial charge on any atom is 0.309 e. The largest absolute Gasteiger partial charge is 0.467 e. The number of hydrogen-bond donors (Lipinski definition) is 2. The SMILES string of the molecule is O=C(NCCc1ccc(F)cc1)C(=O)NC[C@H](c1ccco1)N1CCc2ccccc21. The molecule has 0 saturated carbocycles. The minimum atomic E-state index is -0.692. The normalized spacial score (nSPS) is 13.5. The molecule has 0 fully saturated rings. The number of rotatable bonds is 7. The fourth-order valence-electron chi connectivity index (χ4n) is 3.85. The number of halogens is 1. The first kappa shape index (κ1) is 20.7. The average molecular weight is 421 g/mol. The Morgan fingerprint density at radius 1 is 1.00 bits per heavy atom. The van der Waals surface area contributed by atoms with Gasteiger partial charge in [0.2, 0.25) is 0 Å². The molecule has 1 aromatic heterocycles. The summed E-state index contributed by atoms with van der Waals surface area (Å²) in [6.45, 7) is 1.34. The summed E-state index contributed by atoms with van der Waals surface area (Å²) in [5.41, 5.74) is 3.25. The molecule has 2 aromatic carbocycles. The van der Waals surface area contributed by atoms with E-state index in [0.29, 0.717) is 13.0 Å². The van der Waals surface area contributed by atoms with Crippen molar-refractivity contribution < 1.29 is 18.4 Å². The number of carbonyl (C=O) groups is 2. The number of carbonyl (C=O) groups excluding carboxylic acids is 2. The highest BCUT2D eigenvalue weighted by molar-refractivity contribution is 6.35. The van der Waals surface area contributed by atoms with Crippen molar-refractivity contribution in [2.24, 2.45) is 0 Å². The number of benzene rings is 2. The molecule has 1 aliphatic heterocycles. The Bertz CT molecular complexity index is 1030. The monoisotopic (exact) mass is 421 g/mol. The van der Waals surface area contributed by atoms with Gasteiger partial charge in [-0.1, -0.05) is 30.3 Å². The minimum Gasteiger partial charge on any atom is -0.467 e. The number of para-hydroxylation sites is 1. The van der Waals surface area contributed by atoms with Gasteiger partial charge in [-0.2, -0.15) is 0 Å². The zero-order valence-electron chi connectivity index (χ0n) is 17.0. The van der Waals surface area contributed by atoms with E-state index >= 15 is 0 Å². The van der Waals surface area contributed by atoms with Gasteiger partial charge >= 0.3 is 11.8 Å². The van der Waals surface area contributed by atoms with Crippen LogP contribution in [0, 0.1) is 5.82 Å². The van der Waals surface area contributed by atoms with Gasteiger partial charge < -0.3 is 20.0 Å². The molecule has 1 aliphatic rings. The summed E-state index contributed by atoms with van der Waals surface area (Å²) < 4.78 is 18.6. The molecule has 1 atom stereocenters. The van der Waals surface area contributed by atoms with Gasteiger partial charge in [0.1, 0.15) is 17.6 Å². The maximum atomic E-state index is 13.0. The van der Waals surface area contributed by atoms with Crippen LogP contribution in [0.5, 0.6) is 0 Å². The molecule has 0 radical (unpaired) electrons. The molecule has 3 aromatic rings. The number of anilines is 1. The van der Waals surface area contributed by atoms with Crippen LogP contribution in [0.15, 0.2) is 71.3 Å². The van der Waals surface area contributed by atoms with Crippen LogP contribution in [0.2, 0.25) is 0 Å². The molecule has 2 heterocycles. The molecule has 31 heavy (non-hydrogen) atoms. The van der Waals surface area contributed by atoms with E-state index in [1.54, 1.807) is 18.4 Å². The second kappa shape index (κ2) is 9.47. The third-order valence-electron chi connectivity index (χ3n) is 5.45. The smallest absolute Gasteiger partial charge is 0.309 e. The summed E-state index contributed by atoms with van der Waals surface area (Å²) in [6.07, 6.45) is 3.04. The van der Waals surface area contributed by atoms with E-state index in [-0.39, 0.29) is 18.4 Å². The summed E-state index contributed by atoms with van der Waals surface area (Å²) >= 11 is 0. The van der Waals surface area contributed by atoms with Gasteiger partial charge in [0, 0.05) is 25.3 Å². The van der Waals surface area contributed by atoms with E-state index in [1.165, 1.54) is 17.7 Å². The maximum absolute atomic E-state index is 13.0. The fourth-order valence-corrected chi connectivity index (χ4v) is 3.85. The average Bonchev–Trinajstić information content (AvgIpc) is 3.46. The molecular formula is C24H24FN3O3. The lowest BCUT2D eigenvalue weighted by atomic mass is 10.1. The molecule has 4 rings (SSSR count). The number of nitrogens with zero attached hydrogens (tertiary/aromatic N) is 1. The summed E-state index contributed by atoms with van der Waals surface area (Å²) in [7, 11) is 0. The Morgan fingerprint density at radius 3 is 2.55 bits per heavy atom. The lowest BCUT2D eigenvalue weighted by Gasteiger charge is -2.29. The molecule has 2 N–H and O–H groups in total. The first-order valence-corrected chi connectivity index (χ1v) is 10.3. The first-order chi connectivity index (χ1) is 15.1. The number of nitrogens with one attached hydrogen (secondary N) is 2. The van der Waals surface area contributed by atoms with Crippen molar-refractivity contribution in [3.05, 3.63) is 89.6 Å². The van der Waals surface area contributed by atoms with Crippen molar-refractivity contribution in [1.29, 1.82) is 0 Å². The van der Waals surface area contributed by atoms with Crippen molar-refractivity contribution in [3.8, 4) is 0 Å². The van der Waals surface area contributed by atoms with Crippen LogP contribution in [-0.4, -0.2) is 31.4 Å². The molecule has 0 bridgehead atoms. The van der Waals surface area contributed by atoms with Crippen LogP contribution in [0.25, 0.3) is 0 Å². The van der Waals surface area contributed by atoms with E-state index in [0.717, 1.165) is 30.0 Å². The van der Waals surface area contributed by atoms with E-state index in [1.807, 2.05) is 24.3 Å². The van der Waals surface area contributed by atoms with Crippen LogP contribution in [0.1, 0.15) is 22.9 Å². The fraction of sp³-hybridized carbons (Fsp3) is 0.250. The van der Waals surface area contributed by atoms with Crippen molar-refractivity contribution in [2.45, 2.75) is 18.9 Å². The van der Waals surface area contributed by atoms with Gasteiger partial charge in [0.25, 0.3) is 0 Å². The number of hydrogen-bond acceptors (Lipinski definition) is 4. The first-order valence-electron chi connectivity index (χ1n) is 10.3. The molecule has 6 nitrogen and oxygen atoms in total. The van der Waals surface area contributed by atoms with Crippen molar-refractivity contribution >= 4 is 17.5 Å². The molecule has 2 amide bonds. The molecule has 0 aliphatic carbocycles. The van der Waals surface area contributed by atoms with Crippen molar-refractivity contribution in [1.82, 2.24) is 10.6 Å². The predicted octanol–water partition coefficient (Wildman–Crippen LogP) is 3.00. The van der Waals surface area contributed by atoms with Gasteiger partial charge in [-0.15, -0.1) is 0 Å². The van der Waals surface area contributed by atoms with E-state index < -0.39 is 11.8 Å². The highest BCUT2D eigenvalue weighted by Gasteiger charge is 2.29. The van der Waals surface area contributed by atoms with Gasteiger partial charge in [-0.25, -0.2) is 4.39 Å². The second-order valence-electron chi connectivity index (χ2n) is 7.45. The summed E-state index contributed by atoms with van der Waals surface area (Å²) in [4.78, 5) is 26.7. The van der Waals surface area contributed by atoms with Crippen LogP contribution >= 0.6 is 0 Å². The van der Waals surface area contributed by atoms with Crippen LogP contribution in [0.3, 0.4) is 0 Å². The summed E-state index contributed by atoms with van der Waals surface area (Å²) in [5.74, 6) is -0.960. The molecule has 0 unspecified atom stereocenters. The highest BCUT2D eigenvalue weighted by Crippen LogP contribution is 2.34. The predicted molar refractivity (Wildman–Crippen MR) is 115 cm³/mol. The van der Waals surface area contributed by atoms with Crippen LogP contribution < -0.4 is 15.5 Å². The molecule has 160 valence electrons. The van der Waals surface area contributed by atoms with Gasteiger partial charge in [0.05, 0.1) is 6.26 Å². The highest BCUT2D eigenvalue weighted by atomic mass is 19.1. The Labute approximate surface area is 180 Å². The summed E-state index contributed by atoms with van der Waals surface area (Å²) in [6, 6.07) is 17.7. The molecule has 0 spiro atoms. The zero-order valence-corrected chi connectivity index (χ0v) is 17.0. The zero-order chi connectivity index (χ0) is 21.6. The van der Waals surface area contributed by atoms with E-state index in [2.05, 4.69) is 27.7 Å². The van der Waals surface area contributed by atoms with Crippen LogP contribution in [0.4, 0.5) is 10.1 Å². The van der Waals surface area contributed by atoms with Crippen molar-refractivity contribution in [3.63, 3.8) is 0 Å². The Kier molecular flexibility index (Phi) is 6.31. The number of furan rings is 1. The molecule has 0 saturated heterocycles. The standard InChI is InChI=1S/C24H24FN3O3/c25-19-9-7-17(8-10-19)11-13-26-23(29)24(30)27-16-21(22-6-3-15-31-22)28-14-12-18-4-1-2-5-20(18)28/h1-10,15,21H,11-14,16H2,(H,26,29)(H,27,30)/t21-/m1/s1. The topological polar surface area (TPSA) is 74.6 Å².